The lowest BCUT2D eigenvalue weighted by Gasteiger charge is -2.46. The third-order valence-corrected chi connectivity index (χ3v) is 10.1. The van der Waals surface area contributed by atoms with Crippen molar-refractivity contribution in [1.29, 1.82) is 0 Å². The Morgan fingerprint density at radius 3 is 2.57 bits per heavy atom. The van der Waals surface area contributed by atoms with Crippen LogP contribution in [0.25, 0.3) is 0 Å². The van der Waals surface area contributed by atoms with E-state index in [-0.39, 0.29) is 17.1 Å². The van der Waals surface area contributed by atoms with Crippen LogP contribution in [-0.2, 0) is 18.7 Å². The number of aromatic nitrogens is 1. The molecule has 0 amide bonds. The molecule has 0 saturated carbocycles. The van der Waals surface area contributed by atoms with Crippen molar-refractivity contribution in [2.24, 2.45) is 0 Å². The summed E-state index contributed by atoms with van der Waals surface area (Å²) in [5.74, 6) is -0.411. The highest BCUT2D eigenvalue weighted by Gasteiger charge is 2.47. The number of carbonyl (C=O) groups excluding carboxylic acids is 1. The molecule has 2 rings (SSSR count). The van der Waals surface area contributed by atoms with E-state index in [1.165, 1.54) is 19.3 Å². The molecule has 0 radical (unpaired) electrons. The molecule has 1 aromatic rings. The van der Waals surface area contributed by atoms with E-state index in [0.717, 1.165) is 0 Å². The Morgan fingerprint density at radius 2 is 2.04 bits per heavy atom. The van der Waals surface area contributed by atoms with Crippen LogP contribution in [0, 0.1) is 10.1 Å². The summed E-state index contributed by atoms with van der Waals surface area (Å²) < 4.78 is 18.2. The van der Waals surface area contributed by atoms with E-state index in [2.05, 4.69) is 38.8 Å². The summed E-state index contributed by atoms with van der Waals surface area (Å²) in [4.78, 5) is 26.5. The van der Waals surface area contributed by atoms with E-state index in [1.807, 2.05) is 6.92 Å². The smallest absolute Gasteiger partial charge is 0.302 e. The fourth-order valence-corrected chi connectivity index (χ4v) is 4.46. The predicted octanol–water partition coefficient (Wildman–Crippen LogP) is 4.16. The second-order valence-corrected chi connectivity index (χ2v) is 13.5. The zero-order valence-corrected chi connectivity index (χ0v) is 18.6. The van der Waals surface area contributed by atoms with Gasteiger partial charge in [-0.15, -0.1) is 0 Å². The van der Waals surface area contributed by atoms with Crippen molar-refractivity contribution in [2.45, 2.75) is 83.6 Å². The Labute approximate surface area is 166 Å². The lowest BCUT2D eigenvalue weighted by atomic mass is 9.94. The molecule has 4 atom stereocenters. The fourth-order valence-electron chi connectivity index (χ4n) is 3.08. The molecule has 0 bridgehead atoms. The van der Waals surface area contributed by atoms with Gasteiger partial charge in [0, 0.05) is 19.5 Å². The van der Waals surface area contributed by atoms with Crippen molar-refractivity contribution in [3.63, 3.8) is 0 Å². The van der Waals surface area contributed by atoms with Crippen LogP contribution in [0.1, 0.15) is 52.7 Å². The molecular weight excluding hydrogens is 380 g/mol. The number of nitro groups is 1. The number of ether oxygens (including phenoxy) is 2. The standard InChI is InChI=1S/C19H30N2O6Si/c1-12-18(27-28(6,7)19(3,4)5)17(26-13(2)22)10-16(25-12)14-8-9-20-11-15(14)21(23)24/h8-9,11-12,16-18H,10H2,1-7H3. The summed E-state index contributed by atoms with van der Waals surface area (Å²) in [7, 11) is -2.15. The first-order valence-corrected chi connectivity index (χ1v) is 12.3. The first-order chi connectivity index (χ1) is 12.8. The van der Waals surface area contributed by atoms with Crippen molar-refractivity contribution in [2.75, 3.05) is 0 Å². The Hall–Kier alpha value is -1.84. The number of pyridine rings is 1. The average molecular weight is 411 g/mol. The minimum Gasteiger partial charge on any atom is -0.460 e. The van der Waals surface area contributed by atoms with Crippen LogP contribution in [0.3, 0.4) is 0 Å². The van der Waals surface area contributed by atoms with Gasteiger partial charge in [-0.25, -0.2) is 0 Å². The number of hydrogen-bond donors (Lipinski definition) is 0. The van der Waals surface area contributed by atoms with Gasteiger partial charge in [-0.2, -0.15) is 0 Å². The SMILES string of the molecule is CC(=O)OC1CC(c2ccncc2[N+](=O)[O-])OC(C)C1O[Si](C)(C)C(C)(C)C. The zero-order valence-electron chi connectivity index (χ0n) is 17.6. The maximum absolute atomic E-state index is 11.7. The number of carbonyl (C=O) groups is 1. The summed E-state index contributed by atoms with van der Waals surface area (Å²) in [6, 6.07) is 1.58. The van der Waals surface area contributed by atoms with Crippen LogP contribution < -0.4 is 0 Å². The molecule has 1 aliphatic rings. The molecule has 1 saturated heterocycles. The van der Waals surface area contributed by atoms with E-state index >= 15 is 0 Å². The van der Waals surface area contributed by atoms with Crippen molar-refractivity contribution in [1.82, 2.24) is 4.98 Å². The first kappa shape index (κ1) is 22.4. The van der Waals surface area contributed by atoms with Crippen LogP contribution in [0.15, 0.2) is 18.5 Å². The molecular formula is C19H30N2O6Si. The van der Waals surface area contributed by atoms with Gasteiger partial charge in [0.2, 0.25) is 0 Å². The number of esters is 1. The summed E-state index contributed by atoms with van der Waals surface area (Å²) in [6.07, 6.45) is 1.04. The maximum Gasteiger partial charge on any atom is 0.302 e. The van der Waals surface area contributed by atoms with Crippen LogP contribution >= 0.6 is 0 Å². The molecule has 28 heavy (non-hydrogen) atoms. The van der Waals surface area contributed by atoms with Gasteiger partial charge >= 0.3 is 5.97 Å². The van der Waals surface area contributed by atoms with Crippen LogP contribution in [0.4, 0.5) is 5.69 Å². The third-order valence-electron chi connectivity index (χ3n) is 5.58. The van der Waals surface area contributed by atoms with Gasteiger partial charge in [-0.3, -0.25) is 19.9 Å². The average Bonchev–Trinajstić information content (AvgIpc) is 2.56. The molecule has 1 aliphatic heterocycles. The van der Waals surface area contributed by atoms with Crippen molar-refractivity contribution in [3.8, 4) is 0 Å². The highest BCUT2D eigenvalue weighted by molar-refractivity contribution is 6.74. The zero-order chi connectivity index (χ0) is 21.3. The number of hydrogen-bond acceptors (Lipinski definition) is 7. The van der Waals surface area contributed by atoms with Crippen LogP contribution in [0.5, 0.6) is 0 Å². The van der Waals surface area contributed by atoms with Gasteiger partial charge in [0.05, 0.1) is 22.7 Å². The molecule has 0 aromatic carbocycles. The summed E-state index contributed by atoms with van der Waals surface area (Å²) in [6.45, 7) is 13.9. The summed E-state index contributed by atoms with van der Waals surface area (Å²) in [5.41, 5.74) is 0.319. The normalized spacial score (nSPS) is 26.0. The topological polar surface area (TPSA) is 101 Å². The second kappa shape index (κ2) is 8.26. The van der Waals surface area contributed by atoms with Gasteiger partial charge < -0.3 is 13.9 Å². The molecule has 4 unspecified atom stereocenters. The quantitative estimate of drug-likeness (QED) is 0.311. The largest absolute Gasteiger partial charge is 0.460 e. The maximum atomic E-state index is 11.7. The Bertz CT molecular complexity index is 733. The van der Waals surface area contributed by atoms with E-state index in [9.17, 15) is 14.9 Å². The Morgan fingerprint density at radius 1 is 1.39 bits per heavy atom. The summed E-state index contributed by atoms with van der Waals surface area (Å²) >= 11 is 0. The predicted molar refractivity (Wildman–Crippen MR) is 106 cm³/mol. The van der Waals surface area contributed by atoms with E-state index in [4.69, 9.17) is 13.9 Å². The van der Waals surface area contributed by atoms with E-state index in [1.54, 1.807) is 6.07 Å². The fraction of sp³-hybridized carbons (Fsp3) is 0.684. The van der Waals surface area contributed by atoms with Crippen molar-refractivity contribution in [3.05, 3.63) is 34.1 Å². The number of nitrogens with zero attached hydrogens (tertiary/aromatic N) is 2. The Balaban J connectivity index is 2.33. The van der Waals surface area contributed by atoms with E-state index < -0.39 is 43.6 Å². The molecule has 156 valence electrons. The van der Waals surface area contributed by atoms with E-state index in [0.29, 0.717) is 5.56 Å². The van der Waals surface area contributed by atoms with Gasteiger partial charge in [-0.05, 0) is 31.1 Å². The minimum atomic E-state index is -2.15. The van der Waals surface area contributed by atoms with Crippen molar-refractivity contribution < 1.29 is 23.6 Å². The molecule has 0 spiro atoms. The highest BCUT2D eigenvalue weighted by Crippen LogP contribution is 2.42. The van der Waals surface area contributed by atoms with Crippen LogP contribution in [-0.4, -0.2) is 42.5 Å². The lowest BCUT2D eigenvalue weighted by Crippen LogP contribution is -2.54. The second-order valence-electron chi connectivity index (χ2n) is 8.75. The highest BCUT2D eigenvalue weighted by atomic mass is 28.4. The monoisotopic (exact) mass is 410 g/mol. The number of rotatable bonds is 5. The molecule has 0 aliphatic carbocycles. The molecule has 1 fully saturated rings. The molecule has 9 heteroatoms. The van der Waals surface area contributed by atoms with Crippen LogP contribution in [0.2, 0.25) is 18.1 Å². The minimum absolute atomic E-state index is 0.0196. The third kappa shape index (κ3) is 4.95. The lowest BCUT2D eigenvalue weighted by molar-refractivity contribution is -0.386. The molecule has 8 nitrogen and oxygen atoms in total. The first-order valence-electron chi connectivity index (χ1n) is 9.42. The molecule has 1 aromatic heterocycles. The van der Waals surface area contributed by atoms with Gasteiger partial charge in [0.25, 0.3) is 5.69 Å². The molecule has 0 N–H and O–H groups in total. The summed E-state index contributed by atoms with van der Waals surface area (Å²) in [5, 5.41) is 11.4. The molecule has 2 heterocycles. The Kier molecular flexibility index (Phi) is 6.62. The van der Waals surface area contributed by atoms with Crippen molar-refractivity contribution >= 4 is 20.0 Å². The van der Waals surface area contributed by atoms with Gasteiger partial charge in [0.1, 0.15) is 18.4 Å². The van der Waals surface area contributed by atoms with Gasteiger partial charge in [-0.1, -0.05) is 20.8 Å². The van der Waals surface area contributed by atoms with Gasteiger partial charge in [0.15, 0.2) is 8.32 Å².